The molecular formula is C20H20N4O3. The minimum Gasteiger partial charge on any atom is -0.467 e. The van der Waals surface area contributed by atoms with Crippen LogP contribution in [0.5, 0.6) is 17.5 Å². The highest BCUT2D eigenvalue weighted by Crippen LogP contribution is 2.28. The van der Waals surface area contributed by atoms with Gasteiger partial charge in [-0.25, -0.2) is 4.98 Å². The smallest absolute Gasteiger partial charge is 0.318 e. The fraction of sp³-hybridized carbons (Fsp3) is 0.150. The van der Waals surface area contributed by atoms with Crippen molar-refractivity contribution in [1.29, 1.82) is 0 Å². The molecule has 0 radical (unpaired) electrons. The van der Waals surface area contributed by atoms with E-state index in [0.29, 0.717) is 28.6 Å². The number of nitrogens with zero attached hydrogens (tertiary/aromatic N) is 3. The van der Waals surface area contributed by atoms with Gasteiger partial charge < -0.3 is 19.7 Å². The topological polar surface area (TPSA) is 76.6 Å². The standard InChI is InChI=1S/C20H20N4O3/c1-24(2)18-16(13-21-20(23-18)26-3)22-19(25)15-11-7-8-12-17(15)27-14-9-5-4-6-10-14/h4-13H,1-3H3,(H,22,25). The van der Waals surface area contributed by atoms with Crippen molar-refractivity contribution >= 4 is 17.4 Å². The van der Waals surface area contributed by atoms with Gasteiger partial charge in [0.15, 0.2) is 5.82 Å². The molecule has 2 aromatic carbocycles. The van der Waals surface area contributed by atoms with Crippen molar-refractivity contribution in [3.8, 4) is 17.5 Å². The fourth-order valence-electron chi connectivity index (χ4n) is 2.43. The maximum atomic E-state index is 12.9. The Hall–Kier alpha value is -3.61. The van der Waals surface area contributed by atoms with Crippen molar-refractivity contribution in [2.45, 2.75) is 0 Å². The van der Waals surface area contributed by atoms with E-state index in [1.807, 2.05) is 50.5 Å². The van der Waals surface area contributed by atoms with Crippen LogP contribution in [0.15, 0.2) is 60.8 Å². The van der Waals surface area contributed by atoms with Gasteiger partial charge in [-0.3, -0.25) is 4.79 Å². The number of amides is 1. The third-order valence-electron chi connectivity index (χ3n) is 3.70. The van der Waals surface area contributed by atoms with E-state index in [0.717, 1.165) is 0 Å². The molecule has 1 amide bonds. The Morgan fingerprint density at radius 3 is 2.44 bits per heavy atom. The van der Waals surface area contributed by atoms with E-state index in [9.17, 15) is 4.79 Å². The minimum absolute atomic E-state index is 0.226. The number of carbonyl (C=O) groups is 1. The van der Waals surface area contributed by atoms with Crippen LogP contribution >= 0.6 is 0 Å². The Morgan fingerprint density at radius 2 is 1.74 bits per heavy atom. The van der Waals surface area contributed by atoms with Gasteiger partial charge in [-0.15, -0.1) is 0 Å². The first kappa shape index (κ1) is 18.2. The van der Waals surface area contributed by atoms with Crippen molar-refractivity contribution in [3.63, 3.8) is 0 Å². The molecule has 7 heteroatoms. The second-order valence-electron chi connectivity index (χ2n) is 5.85. The van der Waals surface area contributed by atoms with Crippen LogP contribution in [0.1, 0.15) is 10.4 Å². The number of benzene rings is 2. The zero-order valence-corrected chi connectivity index (χ0v) is 15.3. The van der Waals surface area contributed by atoms with E-state index in [4.69, 9.17) is 9.47 Å². The fourth-order valence-corrected chi connectivity index (χ4v) is 2.43. The average Bonchev–Trinajstić information content (AvgIpc) is 2.69. The van der Waals surface area contributed by atoms with Crippen LogP contribution in [0.4, 0.5) is 11.5 Å². The summed E-state index contributed by atoms with van der Waals surface area (Å²) in [6, 6.07) is 16.6. The van der Waals surface area contributed by atoms with E-state index in [1.165, 1.54) is 13.3 Å². The molecule has 3 rings (SSSR count). The lowest BCUT2D eigenvalue weighted by Crippen LogP contribution is -2.19. The van der Waals surface area contributed by atoms with Crippen molar-refractivity contribution in [2.24, 2.45) is 0 Å². The number of methoxy groups -OCH3 is 1. The Kier molecular flexibility index (Phi) is 5.51. The van der Waals surface area contributed by atoms with Crippen LogP contribution in [-0.4, -0.2) is 37.1 Å². The molecule has 0 spiro atoms. The van der Waals surface area contributed by atoms with Gasteiger partial charge in [0.1, 0.15) is 17.2 Å². The van der Waals surface area contributed by atoms with Crippen LogP contribution in [0.25, 0.3) is 0 Å². The van der Waals surface area contributed by atoms with Crippen molar-refractivity contribution in [2.75, 3.05) is 31.4 Å². The summed E-state index contributed by atoms with van der Waals surface area (Å²) < 4.78 is 10.9. The van der Waals surface area contributed by atoms with E-state index >= 15 is 0 Å². The Bertz CT molecular complexity index is 930. The summed E-state index contributed by atoms with van der Waals surface area (Å²) in [7, 11) is 5.14. The number of rotatable bonds is 6. The number of ether oxygens (including phenoxy) is 2. The molecule has 0 aliphatic rings. The molecule has 1 aromatic heterocycles. The van der Waals surface area contributed by atoms with Crippen LogP contribution < -0.4 is 19.7 Å². The molecule has 0 atom stereocenters. The first-order valence-electron chi connectivity index (χ1n) is 8.30. The highest BCUT2D eigenvalue weighted by Gasteiger charge is 2.17. The maximum absolute atomic E-state index is 12.9. The van der Waals surface area contributed by atoms with Gasteiger partial charge in [0.2, 0.25) is 0 Å². The summed E-state index contributed by atoms with van der Waals surface area (Å²) >= 11 is 0. The molecule has 0 bridgehead atoms. The number of anilines is 2. The first-order chi connectivity index (χ1) is 13.1. The lowest BCUT2D eigenvalue weighted by Gasteiger charge is -2.17. The Morgan fingerprint density at radius 1 is 1.04 bits per heavy atom. The molecule has 0 saturated carbocycles. The molecule has 7 nitrogen and oxygen atoms in total. The second kappa shape index (κ2) is 8.18. The van der Waals surface area contributed by atoms with Crippen LogP contribution in [0.3, 0.4) is 0 Å². The average molecular weight is 364 g/mol. The summed E-state index contributed by atoms with van der Waals surface area (Å²) in [5, 5.41) is 2.84. The molecule has 0 aliphatic heterocycles. The largest absolute Gasteiger partial charge is 0.467 e. The van der Waals surface area contributed by atoms with Crippen molar-refractivity contribution in [3.05, 3.63) is 66.4 Å². The number of carbonyl (C=O) groups excluding carboxylic acids is 1. The van der Waals surface area contributed by atoms with Crippen molar-refractivity contribution in [1.82, 2.24) is 9.97 Å². The summed E-state index contributed by atoms with van der Waals surface area (Å²) in [4.78, 5) is 23.0. The highest BCUT2D eigenvalue weighted by molar-refractivity contribution is 6.07. The summed E-state index contributed by atoms with van der Waals surface area (Å²) in [6.45, 7) is 0. The third-order valence-corrected chi connectivity index (χ3v) is 3.70. The van der Waals surface area contributed by atoms with Gasteiger partial charge in [0, 0.05) is 14.1 Å². The molecular weight excluding hydrogens is 344 g/mol. The van der Waals surface area contributed by atoms with Crippen LogP contribution in [-0.2, 0) is 0 Å². The van der Waals surface area contributed by atoms with Gasteiger partial charge in [-0.2, -0.15) is 4.98 Å². The lowest BCUT2D eigenvalue weighted by atomic mass is 10.2. The van der Waals surface area contributed by atoms with E-state index < -0.39 is 0 Å². The quantitative estimate of drug-likeness (QED) is 0.720. The molecule has 138 valence electrons. The SMILES string of the molecule is COc1ncc(NC(=O)c2ccccc2Oc2ccccc2)c(N(C)C)n1. The van der Waals surface area contributed by atoms with Gasteiger partial charge >= 0.3 is 6.01 Å². The van der Waals surface area contributed by atoms with E-state index in [1.54, 1.807) is 23.1 Å². The molecule has 0 unspecified atom stereocenters. The number of nitrogens with one attached hydrogen (secondary N) is 1. The molecule has 1 N–H and O–H groups in total. The van der Waals surface area contributed by atoms with Gasteiger partial charge in [0.05, 0.1) is 18.9 Å². The molecule has 27 heavy (non-hydrogen) atoms. The second-order valence-corrected chi connectivity index (χ2v) is 5.85. The minimum atomic E-state index is -0.321. The normalized spacial score (nSPS) is 10.2. The summed E-state index contributed by atoms with van der Waals surface area (Å²) in [5.41, 5.74) is 0.877. The van der Waals surface area contributed by atoms with Gasteiger partial charge in [0.25, 0.3) is 5.91 Å². The van der Waals surface area contributed by atoms with Gasteiger partial charge in [-0.1, -0.05) is 30.3 Å². The van der Waals surface area contributed by atoms with E-state index in [-0.39, 0.29) is 11.9 Å². The van der Waals surface area contributed by atoms with Crippen LogP contribution in [0, 0.1) is 0 Å². The van der Waals surface area contributed by atoms with Crippen molar-refractivity contribution < 1.29 is 14.3 Å². The first-order valence-corrected chi connectivity index (χ1v) is 8.30. The molecule has 0 fully saturated rings. The summed E-state index contributed by atoms with van der Waals surface area (Å²) in [5.74, 6) is 1.33. The zero-order chi connectivity index (χ0) is 19.2. The molecule has 0 saturated heterocycles. The zero-order valence-electron chi connectivity index (χ0n) is 15.3. The number of para-hydroxylation sites is 2. The third kappa shape index (κ3) is 4.33. The monoisotopic (exact) mass is 364 g/mol. The maximum Gasteiger partial charge on any atom is 0.318 e. The highest BCUT2D eigenvalue weighted by atomic mass is 16.5. The predicted molar refractivity (Wildman–Crippen MR) is 104 cm³/mol. The Balaban J connectivity index is 1.87. The van der Waals surface area contributed by atoms with Crippen LogP contribution in [0.2, 0.25) is 0 Å². The number of hydrogen-bond donors (Lipinski definition) is 1. The Labute approximate surface area is 157 Å². The predicted octanol–water partition coefficient (Wildman–Crippen LogP) is 3.60. The van der Waals surface area contributed by atoms with E-state index in [2.05, 4.69) is 15.3 Å². The molecule has 0 aliphatic carbocycles. The molecule has 1 heterocycles. The summed E-state index contributed by atoms with van der Waals surface area (Å²) in [6.07, 6.45) is 1.51. The number of hydrogen-bond acceptors (Lipinski definition) is 6. The van der Waals surface area contributed by atoms with Gasteiger partial charge in [-0.05, 0) is 24.3 Å². The number of aromatic nitrogens is 2. The lowest BCUT2D eigenvalue weighted by molar-refractivity contribution is 0.102. The molecule has 3 aromatic rings.